The smallest absolute Gasteiger partial charge is 0.260 e. The van der Waals surface area contributed by atoms with Crippen LogP contribution in [0.4, 0.5) is 0 Å². The zero-order valence-corrected chi connectivity index (χ0v) is 17.8. The van der Waals surface area contributed by atoms with Crippen LogP contribution in [-0.4, -0.2) is 39.4 Å². The number of nitrogens with one attached hydrogen (secondary N) is 1. The van der Waals surface area contributed by atoms with E-state index < -0.39 is 10.0 Å². The topological polar surface area (TPSA) is 75.7 Å². The van der Waals surface area contributed by atoms with Gasteiger partial charge in [0.1, 0.15) is 5.75 Å². The predicted octanol–water partition coefficient (Wildman–Crippen LogP) is 3.31. The zero-order chi connectivity index (χ0) is 20.7. The quantitative estimate of drug-likeness (QED) is 0.670. The molecule has 2 aromatic carbocycles. The molecule has 6 nitrogen and oxygen atoms in total. The van der Waals surface area contributed by atoms with Gasteiger partial charge in [0.25, 0.3) is 5.91 Å². The molecule has 0 aliphatic rings. The van der Waals surface area contributed by atoms with Gasteiger partial charge >= 0.3 is 0 Å². The van der Waals surface area contributed by atoms with Crippen molar-refractivity contribution in [2.45, 2.75) is 25.3 Å². The van der Waals surface area contributed by atoms with Crippen LogP contribution in [0, 0.1) is 5.92 Å². The molecular formula is C20H25ClN2O4S. The SMILES string of the molecule is CC(C)CNS(=O)(=O)c1ccc(OCC(=O)N(C)Cc2ccccc2)c(Cl)c1. The zero-order valence-electron chi connectivity index (χ0n) is 16.2. The molecule has 0 aliphatic heterocycles. The number of halogens is 1. The van der Waals surface area contributed by atoms with Crippen molar-refractivity contribution in [1.29, 1.82) is 0 Å². The first-order valence-electron chi connectivity index (χ1n) is 8.89. The van der Waals surface area contributed by atoms with E-state index in [-0.39, 0.29) is 34.1 Å². The molecule has 0 aliphatic carbocycles. The lowest BCUT2D eigenvalue weighted by Crippen LogP contribution is -2.31. The Hall–Kier alpha value is -2.09. The maximum atomic E-state index is 12.3. The molecule has 1 amide bonds. The minimum absolute atomic E-state index is 0.0537. The third-order valence-corrected chi connectivity index (χ3v) is 5.65. The lowest BCUT2D eigenvalue weighted by atomic mass is 10.2. The minimum atomic E-state index is -3.64. The number of benzene rings is 2. The largest absolute Gasteiger partial charge is 0.482 e. The fourth-order valence-corrected chi connectivity index (χ4v) is 3.86. The average molecular weight is 425 g/mol. The van der Waals surface area contributed by atoms with Crippen molar-refractivity contribution in [3.8, 4) is 5.75 Å². The van der Waals surface area contributed by atoms with Crippen molar-refractivity contribution < 1.29 is 17.9 Å². The van der Waals surface area contributed by atoms with Crippen molar-refractivity contribution in [3.05, 3.63) is 59.1 Å². The van der Waals surface area contributed by atoms with Crippen LogP contribution in [0.3, 0.4) is 0 Å². The Kier molecular flexibility index (Phi) is 7.86. The second-order valence-corrected chi connectivity index (χ2v) is 9.04. The summed E-state index contributed by atoms with van der Waals surface area (Å²) in [7, 11) is -1.95. The molecule has 0 radical (unpaired) electrons. The highest BCUT2D eigenvalue weighted by atomic mass is 35.5. The Morgan fingerprint density at radius 3 is 2.46 bits per heavy atom. The Balaban J connectivity index is 1.96. The van der Waals surface area contributed by atoms with Crippen molar-refractivity contribution in [1.82, 2.24) is 9.62 Å². The van der Waals surface area contributed by atoms with Crippen LogP contribution >= 0.6 is 11.6 Å². The van der Waals surface area contributed by atoms with E-state index in [4.69, 9.17) is 16.3 Å². The minimum Gasteiger partial charge on any atom is -0.482 e. The Morgan fingerprint density at radius 2 is 1.86 bits per heavy atom. The van der Waals surface area contributed by atoms with Crippen molar-refractivity contribution in [2.75, 3.05) is 20.2 Å². The average Bonchev–Trinajstić information content (AvgIpc) is 2.66. The maximum Gasteiger partial charge on any atom is 0.260 e. The lowest BCUT2D eigenvalue weighted by Gasteiger charge is -2.18. The van der Waals surface area contributed by atoms with Crippen LogP contribution in [0.1, 0.15) is 19.4 Å². The molecule has 0 unspecified atom stereocenters. The summed E-state index contributed by atoms with van der Waals surface area (Å²) in [4.78, 5) is 13.9. The van der Waals surface area contributed by atoms with E-state index in [0.29, 0.717) is 13.1 Å². The van der Waals surface area contributed by atoms with E-state index in [2.05, 4.69) is 4.72 Å². The van der Waals surface area contributed by atoms with E-state index in [0.717, 1.165) is 5.56 Å². The van der Waals surface area contributed by atoms with Gasteiger partial charge in [-0.3, -0.25) is 4.79 Å². The molecular weight excluding hydrogens is 400 g/mol. The Morgan fingerprint density at radius 1 is 1.18 bits per heavy atom. The molecule has 0 heterocycles. The Labute approximate surface area is 171 Å². The summed E-state index contributed by atoms with van der Waals surface area (Å²) in [5, 5.41) is 0.130. The van der Waals surface area contributed by atoms with Gasteiger partial charge in [0.05, 0.1) is 9.92 Å². The number of carbonyl (C=O) groups is 1. The summed E-state index contributed by atoms with van der Waals surface area (Å²) < 4.78 is 32.5. The van der Waals surface area contributed by atoms with Gasteiger partial charge in [-0.15, -0.1) is 0 Å². The summed E-state index contributed by atoms with van der Waals surface area (Å²) >= 11 is 6.15. The highest BCUT2D eigenvalue weighted by Crippen LogP contribution is 2.27. The van der Waals surface area contributed by atoms with Gasteiger partial charge < -0.3 is 9.64 Å². The summed E-state index contributed by atoms with van der Waals surface area (Å²) in [6.45, 7) is 4.44. The third kappa shape index (κ3) is 6.51. The van der Waals surface area contributed by atoms with Crippen LogP contribution in [-0.2, 0) is 21.4 Å². The highest BCUT2D eigenvalue weighted by molar-refractivity contribution is 7.89. The standard InChI is InChI=1S/C20H25ClN2O4S/c1-15(2)12-22-28(25,26)17-9-10-19(18(21)11-17)27-14-20(24)23(3)13-16-7-5-4-6-8-16/h4-11,15,22H,12-14H2,1-3H3. The molecule has 0 bridgehead atoms. The Bertz CT molecular complexity index is 902. The van der Waals surface area contributed by atoms with Crippen LogP contribution < -0.4 is 9.46 Å². The van der Waals surface area contributed by atoms with Gasteiger partial charge in [0.15, 0.2) is 6.61 Å². The molecule has 0 aromatic heterocycles. The number of hydrogen-bond acceptors (Lipinski definition) is 4. The number of nitrogens with zero attached hydrogens (tertiary/aromatic N) is 1. The molecule has 0 saturated heterocycles. The van der Waals surface area contributed by atoms with E-state index in [9.17, 15) is 13.2 Å². The molecule has 28 heavy (non-hydrogen) atoms. The molecule has 2 aromatic rings. The summed E-state index contributed by atoms with van der Waals surface area (Å²) in [5.41, 5.74) is 1.01. The number of ether oxygens (including phenoxy) is 1. The van der Waals surface area contributed by atoms with Crippen LogP contribution in [0.25, 0.3) is 0 Å². The van der Waals surface area contributed by atoms with E-state index in [1.54, 1.807) is 11.9 Å². The first-order chi connectivity index (χ1) is 13.2. The van der Waals surface area contributed by atoms with E-state index in [1.165, 1.54) is 18.2 Å². The monoisotopic (exact) mass is 424 g/mol. The van der Waals surface area contributed by atoms with Gasteiger partial charge in [-0.1, -0.05) is 55.8 Å². The fourth-order valence-electron chi connectivity index (χ4n) is 2.32. The molecule has 0 spiro atoms. The molecule has 0 saturated carbocycles. The predicted molar refractivity (Wildman–Crippen MR) is 110 cm³/mol. The fraction of sp³-hybridized carbons (Fsp3) is 0.350. The lowest BCUT2D eigenvalue weighted by molar-refractivity contribution is -0.132. The first kappa shape index (κ1) is 22.2. The number of likely N-dealkylation sites (N-methyl/N-ethyl adjacent to an activating group) is 1. The maximum absolute atomic E-state index is 12.3. The molecule has 8 heteroatoms. The number of sulfonamides is 1. The van der Waals surface area contributed by atoms with Crippen molar-refractivity contribution >= 4 is 27.5 Å². The van der Waals surface area contributed by atoms with Gasteiger partial charge in [0, 0.05) is 20.1 Å². The second kappa shape index (κ2) is 9.91. The second-order valence-electron chi connectivity index (χ2n) is 6.86. The molecule has 0 fully saturated rings. The molecule has 2 rings (SSSR count). The molecule has 0 atom stereocenters. The molecule has 152 valence electrons. The van der Waals surface area contributed by atoms with Gasteiger partial charge in [-0.05, 0) is 29.7 Å². The number of carbonyl (C=O) groups excluding carboxylic acids is 1. The van der Waals surface area contributed by atoms with Crippen LogP contribution in [0.2, 0.25) is 5.02 Å². The highest BCUT2D eigenvalue weighted by Gasteiger charge is 2.17. The third-order valence-electron chi connectivity index (χ3n) is 3.93. The summed E-state index contributed by atoms with van der Waals surface area (Å²) in [6, 6.07) is 13.8. The summed E-state index contributed by atoms with van der Waals surface area (Å²) in [6.07, 6.45) is 0. The number of rotatable bonds is 9. The normalized spacial score (nSPS) is 11.5. The van der Waals surface area contributed by atoms with E-state index >= 15 is 0 Å². The van der Waals surface area contributed by atoms with Gasteiger partial charge in [-0.25, -0.2) is 13.1 Å². The van der Waals surface area contributed by atoms with Crippen molar-refractivity contribution in [2.24, 2.45) is 5.92 Å². The molecule has 1 N–H and O–H groups in total. The van der Waals surface area contributed by atoms with Gasteiger partial charge in [-0.2, -0.15) is 0 Å². The number of hydrogen-bond donors (Lipinski definition) is 1. The number of amides is 1. The van der Waals surface area contributed by atoms with Crippen LogP contribution in [0.5, 0.6) is 5.75 Å². The van der Waals surface area contributed by atoms with Gasteiger partial charge in [0.2, 0.25) is 10.0 Å². The van der Waals surface area contributed by atoms with E-state index in [1.807, 2.05) is 44.2 Å². The van der Waals surface area contributed by atoms with Crippen molar-refractivity contribution in [3.63, 3.8) is 0 Å². The summed E-state index contributed by atoms with van der Waals surface area (Å²) in [5.74, 6) is 0.230. The van der Waals surface area contributed by atoms with Crippen LogP contribution in [0.15, 0.2) is 53.4 Å². The first-order valence-corrected chi connectivity index (χ1v) is 10.7.